The molecule has 1 aromatic carbocycles. The largest absolute Gasteiger partial charge is 0.490 e. The number of aromatic nitrogens is 2. The fourth-order valence-electron chi connectivity index (χ4n) is 1.63. The zero-order valence-electron chi connectivity index (χ0n) is 11.4. The highest BCUT2D eigenvalue weighted by Crippen LogP contribution is 2.37. The molecule has 0 saturated carbocycles. The molecule has 0 unspecified atom stereocenters. The second kappa shape index (κ2) is 6.57. The molecule has 1 aromatic heterocycles. The summed E-state index contributed by atoms with van der Waals surface area (Å²) >= 11 is 3.28. The molecule has 0 aliphatic carbocycles. The molecule has 0 aliphatic rings. The minimum absolute atomic E-state index is 0.0857. The highest BCUT2D eigenvalue weighted by molar-refractivity contribution is 9.10. The Morgan fingerprint density at radius 3 is 2.76 bits per heavy atom. The van der Waals surface area contributed by atoms with Gasteiger partial charge in [-0.25, -0.2) is 4.79 Å². The lowest BCUT2D eigenvalue weighted by Gasteiger charge is -2.13. The first-order chi connectivity index (χ1) is 10.0. The molecule has 0 aliphatic heterocycles. The lowest BCUT2D eigenvalue weighted by atomic mass is 10.2. The van der Waals surface area contributed by atoms with Crippen LogP contribution in [0.15, 0.2) is 21.1 Å². The Bertz CT molecular complexity index is 656. The van der Waals surface area contributed by atoms with Crippen LogP contribution >= 0.6 is 15.9 Å². The first-order valence-electron chi connectivity index (χ1n) is 6.13. The zero-order valence-corrected chi connectivity index (χ0v) is 13.0. The molecule has 8 heteroatoms. The van der Waals surface area contributed by atoms with E-state index in [-0.39, 0.29) is 12.2 Å². The SMILES string of the molecule is CCOc1cc(C(=O)O)cc(Br)c1OCc1noc(C)n1. The van der Waals surface area contributed by atoms with Crippen LogP contribution in [0.5, 0.6) is 11.5 Å². The number of aromatic carboxylic acids is 1. The standard InChI is InChI=1S/C13H13BrN2O5/c1-3-19-10-5-8(13(17)18)4-9(14)12(10)20-6-11-15-7(2)21-16-11/h4-5H,3,6H2,1-2H3,(H,17,18). The van der Waals surface area contributed by atoms with Crippen molar-refractivity contribution in [1.82, 2.24) is 10.1 Å². The van der Waals surface area contributed by atoms with Gasteiger partial charge in [-0.15, -0.1) is 0 Å². The van der Waals surface area contributed by atoms with E-state index in [2.05, 4.69) is 26.1 Å². The third-order valence-electron chi connectivity index (χ3n) is 2.47. The van der Waals surface area contributed by atoms with Gasteiger partial charge in [0.2, 0.25) is 11.7 Å². The maximum absolute atomic E-state index is 11.1. The molecule has 112 valence electrons. The van der Waals surface area contributed by atoms with Crippen LogP contribution in [0.1, 0.15) is 29.0 Å². The van der Waals surface area contributed by atoms with Crippen LogP contribution in [-0.2, 0) is 6.61 Å². The van der Waals surface area contributed by atoms with Crippen molar-refractivity contribution in [3.8, 4) is 11.5 Å². The molecule has 0 fully saturated rings. The number of rotatable bonds is 6. The topological polar surface area (TPSA) is 94.7 Å². The highest BCUT2D eigenvalue weighted by Gasteiger charge is 2.16. The Morgan fingerprint density at radius 1 is 1.43 bits per heavy atom. The van der Waals surface area contributed by atoms with Gasteiger partial charge < -0.3 is 19.1 Å². The number of carbonyl (C=O) groups is 1. The minimum Gasteiger partial charge on any atom is -0.490 e. The number of ether oxygens (including phenoxy) is 2. The van der Waals surface area contributed by atoms with Crippen molar-refractivity contribution in [2.24, 2.45) is 0 Å². The fourth-order valence-corrected chi connectivity index (χ4v) is 2.19. The molecule has 21 heavy (non-hydrogen) atoms. The summed E-state index contributed by atoms with van der Waals surface area (Å²) in [6, 6.07) is 2.86. The second-order valence-corrected chi connectivity index (χ2v) is 4.90. The van der Waals surface area contributed by atoms with Crippen LogP contribution in [0.3, 0.4) is 0 Å². The number of benzene rings is 1. The van der Waals surface area contributed by atoms with Gasteiger partial charge in [0.25, 0.3) is 0 Å². The van der Waals surface area contributed by atoms with E-state index in [0.29, 0.717) is 34.3 Å². The quantitative estimate of drug-likeness (QED) is 0.849. The lowest BCUT2D eigenvalue weighted by molar-refractivity contribution is 0.0696. The molecule has 2 aromatic rings. The molecule has 1 N–H and O–H groups in total. The number of carboxylic acid groups (broad SMARTS) is 1. The summed E-state index contributed by atoms with van der Waals surface area (Å²) in [7, 11) is 0. The molecule has 2 rings (SSSR count). The molecule has 0 radical (unpaired) electrons. The normalized spacial score (nSPS) is 10.4. The van der Waals surface area contributed by atoms with Gasteiger partial charge in [-0.2, -0.15) is 4.98 Å². The Labute approximate surface area is 129 Å². The predicted octanol–water partition coefficient (Wildman–Crippen LogP) is 2.82. The summed E-state index contributed by atoms with van der Waals surface area (Å²) in [5.41, 5.74) is 0.105. The first kappa shape index (κ1) is 15.3. The molecule has 0 atom stereocenters. The van der Waals surface area contributed by atoms with Crippen LogP contribution in [0, 0.1) is 6.92 Å². The molecule has 0 saturated heterocycles. The Hall–Kier alpha value is -2.09. The summed E-state index contributed by atoms with van der Waals surface area (Å²) in [6.45, 7) is 3.95. The molecule has 0 spiro atoms. The molecular formula is C13H13BrN2O5. The van der Waals surface area contributed by atoms with E-state index < -0.39 is 5.97 Å². The van der Waals surface area contributed by atoms with Gasteiger partial charge in [0.05, 0.1) is 16.6 Å². The van der Waals surface area contributed by atoms with Crippen molar-refractivity contribution in [2.75, 3.05) is 6.61 Å². The maximum Gasteiger partial charge on any atom is 0.335 e. The summed E-state index contributed by atoms with van der Waals surface area (Å²) in [5, 5.41) is 12.8. The highest BCUT2D eigenvalue weighted by atomic mass is 79.9. The van der Waals surface area contributed by atoms with Crippen LogP contribution in [-0.4, -0.2) is 27.8 Å². The van der Waals surface area contributed by atoms with E-state index in [9.17, 15) is 4.79 Å². The first-order valence-corrected chi connectivity index (χ1v) is 6.92. The smallest absolute Gasteiger partial charge is 0.335 e. The van der Waals surface area contributed by atoms with Gasteiger partial charge in [-0.05, 0) is 35.0 Å². The number of carboxylic acids is 1. The summed E-state index contributed by atoms with van der Waals surface area (Å²) in [4.78, 5) is 15.1. The molecule has 0 amide bonds. The number of aryl methyl sites for hydroxylation is 1. The van der Waals surface area contributed by atoms with E-state index in [1.165, 1.54) is 12.1 Å². The second-order valence-electron chi connectivity index (χ2n) is 4.04. The summed E-state index contributed by atoms with van der Waals surface area (Å²) in [5.74, 6) is 0.522. The van der Waals surface area contributed by atoms with Crippen molar-refractivity contribution >= 4 is 21.9 Å². The predicted molar refractivity (Wildman–Crippen MR) is 75.6 cm³/mol. The van der Waals surface area contributed by atoms with Gasteiger partial charge in [0.15, 0.2) is 18.1 Å². The number of nitrogens with zero attached hydrogens (tertiary/aromatic N) is 2. The van der Waals surface area contributed by atoms with Crippen LogP contribution in [0.25, 0.3) is 0 Å². The number of hydrogen-bond donors (Lipinski definition) is 1. The monoisotopic (exact) mass is 356 g/mol. The van der Waals surface area contributed by atoms with Crippen molar-refractivity contribution in [3.05, 3.63) is 33.9 Å². The van der Waals surface area contributed by atoms with E-state index >= 15 is 0 Å². The van der Waals surface area contributed by atoms with Crippen molar-refractivity contribution in [1.29, 1.82) is 0 Å². The Kier molecular flexibility index (Phi) is 4.79. The molecular weight excluding hydrogens is 344 g/mol. The number of hydrogen-bond acceptors (Lipinski definition) is 6. The lowest BCUT2D eigenvalue weighted by Crippen LogP contribution is -2.04. The maximum atomic E-state index is 11.1. The van der Waals surface area contributed by atoms with Crippen LogP contribution in [0.2, 0.25) is 0 Å². The van der Waals surface area contributed by atoms with Gasteiger partial charge in [-0.3, -0.25) is 0 Å². The molecule has 0 bridgehead atoms. The van der Waals surface area contributed by atoms with Gasteiger partial charge >= 0.3 is 5.97 Å². The van der Waals surface area contributed by atoms with Crippen molar-refractivity contribution < 1.29 is 23.9 Å². The minimum atomic E-state index is -1.04. The molecule has 1 heterocycles. The van der Waals surface area contributed by atoms with Gasteiger partial charge in [-0.1, -0.05) is 5.16 Å². The van der Waals surface area contributed by atoms with Gasteiger partial charge in [0.1, 0.15) is 0 Å². The van der Waals surface area contributed by atoms with Crippen LogP contribution in [0.4, 0.5) is 0 Å². The zero-order chi connectivity index (χ0) is 15.4. The fraction of sp³-hybridized carbons (Fsp3) is 0.308. The van der Waals surface area contributed by atoms with E-state index in [1.54, 1.807) is 13.8 Å². The molecule has 7 nitrogen and oxygen atoms in total. The Balaban J connectivity index is 2.26. The Morgan fingerprint density at radius 2 is 2.19 bits per heavy atom. The van der Waals surface area contributed by atoms with E-state index in [0.717, 1.165) is 0 Å². The summed E-state index contributed by atoms with van der Waals surface area (Å²) in [6.07, 6.45) is 0. The number of halogens is 1. The third-order valence-corrected chi connectivity index (χ3v) is 3.06. The van der Waals surface area contributed by atoms with E-state index in [1.807, 2.05) is 0 Å². The average molecular weight is 357 g/mol. The third kappa shape index (κ3) is 3.72. The summed E-state index contributed by atoms with van der Waals surface area (Å²) < 4.78 is 16.4. The van der Waals surface area contributed by atoms with Crippen LogP contribution < -0.4 is 9.47 Å². The van der Waals surface area contributed by atoms with Gasteiger partial charge in [0, 0.05) is 6.92 Å². The van der Waals surface area contributed by atoms with E-state index in [4.69, 9.17) is 19.1 Å². The average Bonchev–Trinajstić information content (AvgIpc) is 2.83. The van der Waals surface area contributed by atoms with Crippen molar-refractivity contribution in [3.63, 3.8) is 0 Å². The van der Waals surface area contributed by atoms with Crippen molar-refractivity contribution in [2.45, 2.75) is 20.5 Å².